The van der Waals surface area contributed by atoms with Crippen LogP contribution in [-0.2, 0) is 6.42 Å². The zero-order chi connectivity index (χ0) is 28.0. The molecule has 2 aliphatic carbocycles. The summed E-state index contributed by atoms with van der Waals surface area (Å²) in [6.07, 6.45) is 8.51. The highest BCUT2D eigenvalue weighted by molar-refractivity contribution is 6.57. The SMILES string of the molecule is CCCC1C([Si]C2=Cc3c(cccc3-c3ccc4ccccc4c3)C2)=Cc2c(-c3ccc4ccccc4c3)cccc21. The molecule has 0 heterocycles. The van der Waals surface area contributed by atoms with E-state index in [4.69, 9.17) is 0 Å². The molecule has 0 saturated heterocycles. The molecule has 2 aliphatic rings. The fourth-order valence-corrected chi connectivity index (χ4v) is 8.60. The average molecular weight is 553 g/mol. The lowest BCUT2D eigenvalue weighted by Gasteiger charge is -2.17. The topological polar surface area (TPSA) is 0 Å². The highest BCUT2D eigenvalue weighted by atomic mass is 28.2. The van der Waals surface area contributed by atoms with E-state index >= 15 is 0 Å². The molecule has 1 heteroatoms. The van der Waals surface area contributed by atoms with Crippen molar-refractivity contribution in [3.05, 3.63) is 154 Å². The first-order chi connectivity index (χ1) is 20.7. The van der Waals surface area contributed by atoms with Gasteiger partial charge in [0.2, 0.25) is 0 Å². The van der Waals surface area contributed by atoms with Crippen LogP contribution in [0, 0.1) is 0 Å². The first-order valence-electron chi connectivity index (χ1n) is 15.2. The van der Waals surface area contributed by atoms with Crippen LogP contribution in [0.3, 0.4) is 0 Å². The molecule has 0 N–H and O–H groups in total. The van der Waals surface area contributed by atoms with Gasteiger partial charge in [-0.3, -0.25) is 0 Å². The Morgan fingerprint density at radius 3 is 1.88 bits per heavy atom. The van der Waals surface area contributed by atoms with Crippen molar-refractivity contribution in [3.63, 3.8) is 0 Å². The van der Waals surface area contributed by atoms with Crippen LogP contribution in [0.5, 0.6) is 0 Å². The summed E-state index contributed by atoms with van der Waals surface area (Å²) < 4.78 is 0. The second kappa shape index (κ2) is 10.4. The van der Waals surface area contributed by atoms with Crippen LogP contribution < -0.4 is 0 Å². The van der Waals surface area contributed by atoms with Crippen LogP contribution in [0.15, 0.2) is 132 Å². The van der Waals surface area contributed by atoms with Gasteiger partial charge in [0.1, 0.15) is 9.52 Å². The number of fused-ring (bicyclic) bond motifs is 4. The van der Waals surface area contributed by atoms with Gasteiger partial charge >= 0.3 is 0 Å². The van der Waals surface area contributed by atoms with Crippen molar-refractivity contribution in [2.24, 2.45) is 0 Å². The molecule has 1 unspecified atom stereocenters. The van der Waals surface area contributed by atoms with E-state index in [-0.39, 0.29) is 0 Å². The van der Waals surface area contributed by atoms with Crippen molar-refractivity contribution in [2.75, 3.05) is 0 Å². The lowest BCUT2D eigenvalue weighted by molar-refractivity contribution is 0.716. The van der Waals surface area contributed by atoms with Gasteiger partial charge in [-0.25, -0.2) is 0 Å². The molecule has 42 heavy (non-hydrogen) atoms. The Labute approximate surface area is 250 Å². The van der Waals surface area contributed by atoms with E-state index < -0.39 is 0 Å². The molecule has 200 valence electrons. The normalized spacial score (nSPS) is 15.5. The molecule has 0 amide bonds. The molecule has 2 radical (unpaired) electrons. The smallest absolute Gasteiger partial charge is 0.0748 e. The molecule has 0 fully saturated rings. The largest absolute Gasteiger partial charge is 0.111 e. The summed E-state index contributed by atoms with van der Waals surface area (Å²) in [6.45, 7) is 2.33. The molecule has 0 spiro atoms. The molecule has 0 nitrogen and oxygen atoms in total. The van der Waals surface area contributed by atoms with Crippen molar-refractivity contribution in [1.29, 1.82) is 0 Å². The predicted octanol–water partition coefficient (Wildman–Crippen LogP) is 10.9. The summed E-state index contributed by atoms with van der Waals surface area (Å²) in [4.78, 5) is 0. The zero-order valence-electron chi connectivity index (χ0n) is 23.9. The quantitative estimate of drug-likeness (QED) is 0.180. The lowest BCUT2D eigenvalue weighted by atomic mass is 9.91. The average Bonchev–Trinajstić information content (AvgIpc) is 3.61. The predicted molar refractivity (Wildman–Crippen MR) is 182 cm³/mol. The Morgan fingerprint density at radius 2 is 1.21 bits per heavy atom. The van der Waals surface area contributed by atoms with Crippen molar-refractivity contribution in [1.82, 2.24) is 0 Å². The van der Waals surface area contributed by atoms with E-state index in [1.165, 1.54) is 78.9 Å². The maximum atomic E-state index is 2.55. The highest BCUT2D eigenvalue weighted by Gasteiger charge is 2.29. The van der Waals surface area contributed by atoms with E-state index in [1.807, 2.05) is 0 Å². The third-order valence-corrected chi connectivity index (χ3v) is 10.5. The van der Waals surface area contributed by atoms with Crippen LogP contribution in [-0.4, -0.2) is 9.52 Å². The van der Waals surface area contributed by atoms with Gasteiger partial charge in [-0.15, -0.1) is 0 Å². The van der Waals surface area contributed by atoms with Gasteiger partial charge in [-0.05, 0) is 91.0 Å². The van der Waals surface area contributed by atoms with E-state index in [9.17, 15) is 0 Å². The Hall–Kier alpha value is -4.46. The van der Waals surface area contributed by atoms with E-state index in [1.54, 1.807) is 10.4 Å². The number of hydrogen-bond donors (Lipinski definition) is 0. The maximum Gasteiger partial charge on any atom is 0.111 e. The summed E-state index contributed by atoms with van der Waals surface area (Å²) in [6, 6.07) is 45.0. The molecule has 8 rings (SSSR count). The van der Waals surface area contributed by atoms with Crippen molar-refractivity contribution >= 4 is 43.2 Å². The number of rotatable bonds is 6. The summed E-state index contributed by atoms with van der Waals surface area (Å²) in [7, 11) is 0.722. The molecular weight excluding hydrogens is 521 g/mol. The molecule has 0 saturated carbocycles. The van der Waals surface area contributed by atoms with Crippen molar-refractivity contribution in [3.8, 4) is 22.3 Å². The van der Waals surface area contributed by atoms with Gasteiger partial charge in [0, 0.05) is 5.92 Å². The molecule has 0 aliphatic heterocycles. The minimum absolute atomic E-state index is 0.508. The fourth-order valence-electron chi connectivity index (χ4n) is 7.05. The van der Waals surface area contributed by atoms with Crippen molar-refractivity contribution in [2.45, 2.75) is 32.1 Å². The van der Waals surface area contributed by atoms with Crippen LogP contribution in [0.1, 0.15) is 47.9 Å². The standard InChI is InChI=1S/C41H32Si/c1-2-9-38-37-17-8-16-36(33-21-19-28-11-4-6-13-30(28)23-33)40(37)26-41(38)42-34-24-31-14-7-15-35(39(31)25-34)32-20-18-27-10-3-5-12-29(27)22-32/h3-8,10-23,25-26,38H,2,9,24H2,1H3. The minimum atomic E-state index is 0.508. The Balaban J connectivity index is 1.15. The molecular formula is C41H32Si. The third-order valence-electron chi connectivity index (χ3n) is 9.09. The molecule has 0 aromatic heterocycles. The first kappa shape index (κ1) is 25.3. The van der Waals surface area contributed by atoms with Crippen LogP contribution in [0.2, 0.25) is 0 Å². The van der Waals surface area contributed by atoms with Crippen molar-refractivity contribution < 1.29 is 0 Å². The minimum Gasteiger partial charge on any atom is -0.0748 e. The van der Waals surface area contributed by atoms with Gasteiger partial charge in [0.25, 0.3) is 0 Å². The molecule has 1 atom stereocenters. The van der Waals surface area contributed by atoms with Gasteiger partial charge < -0.3 is 0 Å². The summed E-state index contributed by atoms with van der Waals surface area (Å²) in [5.41, 5.74) is 11.2. The number of allylic oxidation sites excluding steroid dienone is 2. The number of hydrogen-bond acceptors (Lipinski definition) is 0. The summed E-state index contributed by atoms with van der Waals surface area (Å²) in [5, 5.41) is 8.36. The molecule has 0 bridgehead atoms. The van der Waals surface area contributed by atoms with E-state index in [0.717, 1.165) is 15.9 Å². The van der Waals surface area contributed by atoms with E-state index in [0.29, 0.717) is 5.92 Å². The molecule has 6 aromatic carbocycles. The second-order valence-electron chi connectivity index (χ2n) is 11.7. The highest BCUT2D eigenvalue weighted by Crippen LogP contribution is 2.45. The third kappa shape index (κ3) is 4.37. The van der Waals surface area contributed by atoms with Crippen LogP contribution >= 0.6 is 0 Å². The van der Waals surface area contributed by atoms with E-state index in [2.05, 4.69) is 140 Å². The lowest BCUT2D eigenvalue weighted by Crippen LogP contribution is -2.08. The summed E-state index contributed by atoms with van der Waals surface area (Å²) >= 11 is 0. The van der Waals surface area contributed by atoms with Crippen LogP contribution in [0.4, 0.5) is 0 Å². The maximum absolute atomic E-state index is 2.55. The van der Waals surface area contributed by atoms with Gasteiger partial charge in [0.05, 0.1) is 0 Å². The van der Waals surface area contributed by atoms with Gasteiger partial charge in [-0.1, -0.05) is 145 Å². The molecule has 6 aromatic rings. The number of benzene rings is 6. The Kier molecular flexibility index (Phi) is 6.27. The monoisotopic (exact) mass is 552 g/mol. The summed E-state index contributed by atoms with van der Waals surface area (Å²) in [5.74, 6) is 0.508. The zero-order valence-corrected chi connectivity index (χ0v) is 24.9. The van der Waals surface area contributed by atoms with Crippen LogP contribution in [0.25, 0.3) is 56.0 Å². The second-order valence-corrected chi connectivity index (χ2v) is 13.2. The first-order valence-corrected chi connectivity index (χ1v) is 16.2. The Bertz CT molecular complexity index is 2060. The Morgan fingerprint density at radius 1 is 0.595 bits per heavy atom. The van der Waals surface area contributed by atoms with Gasteiger partial charge in [0.15, 0.2) is 0 Å². The van der Waals surface area contributed by atoms with Gasteiger partial charge in [-0.2, -0.15) is 0 Å². The fraction of sp³-hybridized carbons (Fsp3) is 0.122.